The third-order valence-corrected chi connectivity index (χ3v) is 7.62. The van der Waals surface area contributed by atoms with Gasteiger partial charge in [0.2, 0.25) is 0 Å². The standard InChI is InChI=1S/C34H39N3O4/c1-6-8-9-16-41-27-15-14-25(19-28(27)40-7-2)33-30-31(29-23(5)17-22(4)18-26(29)38)35-36-32(30)34(39)37(33)20-24-12-10-21(3)11-13-24/h10-15,17-19,33,38H,6-9,16,20H2,1-5H3,(H,35,36). The van der Waals surface area contributed by atoms with Crippen molar-refractivity contribution in [1.29, 1.82) is 0 Å². The van der Waals surface area contributed by atoms with Gasteiger partial charge in [0, 0.05) is 17.7 Å². The molecule has 1 amide bonds. The van der Waals surface area contributed by atoms with Gasteiger partial charge in [0.1, 0.15) is 17.1 Å². The molecule has 0 aliphatic carbocycles. The quantitative estimate of drug-likeness (QED) is 0.189. The van der Waals surface area contributed by atoms with E-state index in [1.807, 2.05) is 56.9 Å². The number of H-pyrrole nitrogens is 1. The average Bonchev–Trinajstić information content (AvgIpc) is 3.47. The Morgan fingerprint density at radius 2 is 1.71 bits per heavy atom. The first-order valence-corrected chi connectivity index (χ1v) is 14.5. The van der Waals surface area contributed by atoms with Gasteiger partial charge in [0.15, 0.2) is 11.5 Å². The largest absolute Gasteiger partial charge is 0.507 e. The Balaban J connectivity index is 1.62. The lowest BCUT2D eigenvalue weighted by atomic mass is 9.92. The number of hydrogen-bond acceptors (Lipinski definition) is 5. The number of phenols is 1. The number of aryl methyl sites for hydroxylation is 3. The minimum absolute atomic E-state index is 0.133. The van der Waals surface area contributed by atoms with E-state index < -0.39 is 6.04 Å². The number of fused-ring (bicyclic) bond motifs is 1. The molecule has 0 saturated carbocycles. The van der Waals surface area contributed by atoms with Crippen LogP contribution in [0.1, 0.15) is 83.0 Å². The summed E-state index contributed by atoms with van der Waals surface area (Å²) in [6.45, 7) is 11.6. The van der Waals surface area contributed by atoms with Gasteiger partial charge in [0.05, 0.1) is 19.3 Å². The van der Waals surface area contributed by atoms with E-state index in [0.717, 1.165) is 52.6 Å². The van der Waals surface area contributed by atoms with Crippen molar-refractivity contribution in [1.82, 2.24) is 15.1 Å². The molecular weight excluding hydrogens is 514 g/mol. The molecule has 5 rings (SSSR count). The van der Waals surface area contributed by atoms with Crippen LogP contribution in [0.2, 0.25) is 0 Å². The lowest BCUT2D eigenvalue weighted by Crippen LogP contribution is -2.29. The number of nitrogens with one attached hydrogen (secondary N) is 1. The second-order valence-corrected chi connectivity index (χ2v) is 10.9. The SMILES string of the molecule is CCCCCOc1ccc(C2c3c(-c4c(C)cc(C)cc4O)n[nH]c3C(=O)N2Cc2ccc(C)cc2)cc1OCC. The minimum Gasteiger partial charge on any atom is -0.507 e. The van der Waals surface area contributed by atoms with Gasteiger partial charge in [-0.25, -0.2) is 0 Å². The number of phenolic OH excluding ortho intramolecular Hbond substituents is 1. The molecule has 0 radical (unpaired) electrons. The summed E-state index contributed by atoms with van der Waals surface area (Å²) in [7, 11) is 0. The van der Waals surface area contributed by atoms with Gasteiger partial charge in [-0.3, -0.25) is 9.89 Å². The van der Waals surface area contributed by atoms with Crippen molar-refractivity contribution in [2.75, 3.05) is 13.2 Å². The Kier molecular flexibility index (Phi) is 8.34. The van der Waals surface area contributed by atoms with Crippen molar-refractivity contribution in [3.05, 3.63) is 93.7 Å². The zero-order chi connectivity index (χ0) is 29.1. The molecule has 1 atom stereocenters. The summed E-state index contributed by atoms with van der Waals surface area (Å²) in [4.78, 5) is 15.8. The van der Waals surface area contributed by atoms with Crippen molar-refractivity contribution >= 4 is 5.91 Å². The van der Waals surface area contributed by atoms with Crippen LogP contribution in [0.15, 0.2) is 54.6 Å². The molecule has 4 aromatic rings. The first kappa shape index (κ1) is 28.3. The number of aromatic nitrogens is 2. The van der Waals surface area contributed by atoms with Crippen LogP contribution < -0.4 is 9.47 Å². The molecule has 7 nitrogen and oxygen atoms in total. The normalized spacial score (nSPS) is 14.4. The summed E-state index contributed by atoms with van der Waals surface area (Å²) in [5, 5.41) is 18.6. The van der Waals surface area contributed by atoms with Crippen LogP contribution in [0.5, 0.6) is 17.2 Å². The first-order valence-electron chi connectivity index (χ1n) is 14.5. The van der Waals surface area contributed by atoms with Gasteiger partial charge in [0.25, 0.3) is 5.91 Å². The van der Waals surface area contributed by atoms with Crippen molar-refractivity contribution in [3.63, 3.8) is 0 Å². The predicted octanol–water partition coefficient (Wildman–Crippen LogP) is 7.42. The van der Waals surface area contributed by atoms with Crippen LogP contribution in [0.4, 0.5) is 0 Å². The van der Waals surface area contributed by atoms with Gasteiger partial charge in [-0.15, -0.1) is 0 Å². The number of carbonyl (C=O) groups is 1. The average molecular weight is 554 g/mol. The molecule has 3 aromatic carbocycles. The second kappa shape index (κ2) is 12.1. The highest BCUT2D eigenvalue weighted by Crippen LogP contribution is 2.47. The molecule has 0 bridgehead atoms. The van der Waals surface area contributed by atoms with E-state index in [0.29, 0.717) is 48.2 Å². The number of aromatic amines is 1. The fourth-order valence-corrected chi connectivity index (χ4v) is 5.66. The maximum atomic E-state index is 13.9. The maximum absolute atomic E-state index is 13.9. The Bertz CT molecular complexity index is 1520. The molecule has 2 heterocycles. The molecule has 0 fully saturated rings. The molecular formula is C34H39N3O4. The molecule has 1 unspecified atom stereocenters. The Hall–Kier alpha value is -4.26. The van der Waals surface area contributed by atoms with E-state index in [2.05, 4.69) is 41.4 Å². The fourth-order valence-electron chi connectivity index (χ4n) is 5.66. The first-order chi connectivity index (χ1) is 19.8. The van der Waals surface area contributed by atoms with E-state index in [1.54, 1.807) is 6.07 Å². The highest BCUT2D eigenvalue weighted by molar-refractivity contribution is 6.00. The lowest BCUT2D eigenvalue weighted by Gasteiger charge is -2.27. The van der Waals surface area contributed by atoms with Crippen molar-refractivity contribution in [3.8, 4) is 28.5 Å². The van der Waals surface area contributed by atoms with E-state index in [4.69, 9.17) is 9.47 Å². The lowest BCUT2D eigenvalue weighted by molar-refractivity contribution is 0.0729. The van der Waals surface area contributed by atoms with Crippen LogP contribution in [0.3, 0.4) is 0 Å². The molecule has 1 aliphatic rings. The summed E-state index contributed by atoms with van der Waals surface area (Å²) < 4.78 is 12.1. The van der Waals surface area contributed by atoms with Crippen LogP contribution in [-0.4, -0.2) is 39.3 Å². The van der Waals surface area contributed by atoms with Gasteiger partial charge in [-0.2, -0.15) is 5.10 Å². The molecule has 0 saturated heterocycles. The topological polar surface area (TPSA) is 87.7 Å². The maximum Gasteiger partial charge on any atom is 0.273 e. The zero-order valence-electron chi connectivity index (χ0n) is 24.6. The molecule has 1 aliphatic heterocycles. The summed E-state index contributed by atoms with van der Waals surface area (Å²) in [6, 6.07) is 17.5. The van der Waals surface area contributed by atoms with Gasteiger partial charge < -0.3 is 19.5 Å². The highest BCUT2D eigenvalue weighted by Gasteiger charge is 2.43. The molecule has 1 aromatic heterocycles. The number of aromatic hydroxyl groups is 1. The molecule has 2 N–H and O–H groups in total. The van der Waals surface area contributed by atoms with Crippen LogP contribution >= 0.6 is 0 Å². The fraction of sp³-hybridized carbons (Fsp3) is 0.353. The Morgan fingerprint density at radius 1 is 0.927 bits per heavy atom. The number of amides is 1. The van der Waals surface area contributed by atoms with Crippen molar-refractivity contribution in [2.45, 2.75) is 66.5 Å². The molecule has 0 spiro atoms. The summed E-state index contributed by atoms with van der Waals surface area (Å²) >= 11 is 0. The summed E-state index contributed by atoms with van der Waals surface area (Å²) in [6.07, 6.45) is 3.21. The Morgan fingerprint density at radius 3 is 2.41 bits per heavy atom. The van der Waals surface area contributed by atoms with Gasteiger partial charge >= 0.3 is 0 Å². The number of nitrogens with zero attached hydrogens (tertiary/aromatic N) is 2. The summed E-state index contributed by atoms with van der Waals surface area (Å²) in [5.74, 6) is 1.36. The number of unbranched alkanes of at least 4 members (excludes halogenated alkanes) is 2. The van der Waals surface area contributed by atoms with E-state index >= 15 is 0 Å². The zero-order valence-corrected chi connectivity index (χ0v) is 24.6. The predicted molar refractivity (Wildman–Crippen MR) is 161 cm³/mol. The third kappa shape index (κ3) is 5.67. The minimum atomic E-state index is -0.444. The van der Waals surface area contributed by atoms with Crippen LogP contribution in [0.25, 0.3) is 11.3 Å². The third-order valence-electron chi connectivity index (χ3n) is 7.62. The number of benzene rings is 3. The number of carbonyl (C=O) groups excluding carboxylic acids is 1. The molecule has 7 heteroatoms. The summed E-state index contributed by atoms with van der Waals surface area (Å²) in [5.41, 5.74) is 7.34. The van der Waals surface area contributed by atoms with Gasteiger partial charge in [-0.05, 0) is 74.6 Å². The van der Waals surface area contributed by atoms with Crippen LogP contribution in [-0.2, 0) is 6.54 Å². The van der Waals surface area contributed by atoms with E-state index in [1.165, 1.54) is 0 Å². The monoisotopic (exact) mass is 553 g/mol. The second-order valence-electron chi connectivity index (χ2n) is 10.9. The Labute approximate surface area is 242 Å². The van der Waals surface area contributed by atoms with Gasteiger partial charge in [-0.1, -0.05) is 61.7 Å². The number of hydrogen-bond donors (Lipinski definition) is 2. The van der Waals surface area contributed by atoms with E-state index in [-0.39, 0.29) is 11.7 Å². The number of rotatable bonds is 11. The van der Waals surface area contributed by atoms with E-state index in [9.17, 15) is 9.90 Å². The van der Waals surface area contributed by atoms with Crippen molar-refractivity contribution < 1.29 is 19.4 Å². The van der Waals surface area contributed by atoms with Crippen LogP contribution in [0, 0.1) is 20.8 Å². The number of ether oxygens (including phenoxy) is 2. The molecule has 214 valence electrons. The smallest absolute Gasteiger partial charge is 0.273 e. The highest BCUT2D eigenvalue weighted by atomic mass is 16.5. The van der Waals surface area contributed by atoms with Crippen molar-refractivity contribution in [2.24, 2.45) is 0 Å². The molecule has 41 heavy (non-hydrogen) atoms.